The van der Waals surface area contributed by atoms with Crippen LogP contribution >= 0.6 is 0 Å². The van der Waals surface area contributed by atoms with Crippen LogP contribution in [-0.2, 0) is 4.74 Å². The zero-order valence-corrected chi connectivity index (χ0v) is 14.1. The number of rotatable bonds is 8. The van der Waals surface area contributed by atoms with Gasteiger partial charge in [0.05, 0.1) is 18.3 Å². The number of nitrogens with one attached hydrogen (secondary N) is 1. The van der Waals surface area contributed by atoms with Gasteiger partial charge >= 0.3 is 0 Å². The predicted molar refractivity (Wildman–Crippen MR) is 95.9 cm³/mol. The fourth-order valence-corrected chi connectivity index (χ4v) is 2.72. The minimum absolute atomic E-state index is 0.0543. The van der Waals surface area contributed by atoms with E-state index in [9.17, 15) is 0 Å². The van der Waals surface area contributed by atoms with Crippen molar-refractivity contribution in [2.45, 2.75) is 32.0 Å². The Balaban J connectivity index is 1.50. The van der Waals surface area contributed by atoms with Crippen molar-refractivity contribution in [1.29, 1.82) is 0 Å². The molecular formula is C20H25NO3. The smallest absolute Gasteiger partial charge is 0.142 e. The van der Waals surface area contributed by atoms with Gasteiger partial charge < -0.3 is 19.5 Å². The first kappa shape index (κ1) is 16.7. The number of benzene rings is 2. The van der Waals surface area contributed by atoms with Gasteiger partial charge in [0.15, 0.2) is 0 Å². The Labute approximate surface area is 143 Å². The zero-order valence-electron chi connectivity index (χ0n) is 14.1. The lowest BCUT2D eigenvalue weighted by Crippen LogP contribution is -2.23. The van der Waals surface area contributed by atoms with Gasteiger partial charge in [0, 0.05) is 6.61 Å². The maximum absolute atomic E-state index is 5.94. The molecular weight excluding hydrogens is 302 g/mol. The van der Waals surface area contributed by atoms with Crippen molar-refractivity contribution >= 4 is 5.69 Å². The molecule has 1 heterocycles. The highest BCUT2D eigenvalue weighted by Gasteiger charge is 2.16. The van der Waals surface area contributed by atoms with E-state index in [0.29, 0.717) is 13.2 Å². The molecule has 2 atom stereocenters. The first-order valence-electron chi connectivity index (χ1n) is 8.60. The number of hydrogen-bond donors (Lipinski definition) is 1. The van der Waals surface area contributed by atoms with Gasteiger partial charge in [-0.3, -0.25) is 0 Å². The average molecular weight is 327 g/mol. The van der Waals surface area contributed by atoms with Crippen LogP contribution in [0.15, 0.2) is 54.6 Å². The molecule has 24 heavy (non-hydrogen) atoms. The van der Waals surface area contributed by atoms with E-state index in [4.69, 9.17) is 14.2 Å². The summed E-state index contributed by atoms with van der Waals surface area (Å²) in [5, 5.41) is 3.42. The summed E-state index contributed by atoms with van der Waals surface area (Å²) in [4.78, 5) is 0. The molecule has 1 fully saturated rings. The normalized spacial score (nSPS) is 18.1. The summed E-state index contributed by atoms with van der Waals surface area (Å²) < 4.78 is 17.5. The van der Waals surface area contributed by atoms with Crippen molar-refractivity contribution in [2.24, 2.45) is 0 Å². The van der Waals surface area contributed by atoms with Gasteiger partial charge in [0.1, 0.15) is 24.2 Å². The summed E-state index contributed by atoms with van der Waals surface area (Å²) in [7, 11) is 0. The Hall–Kier alpha value is -2.20. The standard InChI is InChI=1S/C20H25NO3/c1-16(24-17-8-3-2-4-9-17)14-21-19-11-5-6-12-20(19)23-15-18-10-7-13-22-18/h2-6,8-9,11-12,16,18,21H,7,10,13-15H2,1H3. The molecule has 1 saturated heterocycles. The quantitative estimate of drug-likeness (QED) is 0.791. The second-order valence-corrected chi connectivity index (χ2v) is 6.06. The van der Waals surface area contributed by atoms with Crippen LogP contribution in [0.3, 0.4) is 0 Å². The monoisotopic (exact) mass is 327 g/mol. The highest BCUT2D eigenvalue weighted by Crippen LogP contribution is 2.25. The topological polar surface area (TPSA) is 39.7 Å². The van der Waals surface area contributed by atoms with E-state index in [1.807, 2.05) is 54.6 Å². The maximum Gasteiger partial charge on any atom is 0.142 e. The van der Waals surface area contributed by atoms with E-state index in [-0.39, 0.29) is 12.2 Å². The second kappa shape index (κ2) is 8.60. The Kier molecular flexibility index (Phi) is 5.96. The average Bonchev–Trinajstić information content (AvgIpc) is 3.13. The third-order valence-electron chi connectivity index (χ3n) is 4.00. The summed E-state index contributed by atoms with van der Waals surface area (Å²) in [6, 6.07) is 17.9. The lowest BCUT2D eigenvalue weighted by molar-refractivity contribution is 0.0682. The summed E-state index contributed by atoms with van der Waals surface area (Å²) in [5.41, 5.74) is 0.985. The van der Waals surface area contributed by atoms with E-state index >= 15 is 0 Å². The molecule has 0 bridgehead atoms. The zero-order chi connectivity index (χ0) is 16.6. The van der Waals surface area contributed by atoms with Crippen LogP contribution in [0.1, 0.15) is 19.8 Å². The van der Waals surface area contributed by atoms with E-state index < -0.39 is 0 Å². The SMILES string of the molecule is CC(CNc1ccccc1OCC1CCCO1)Oc1ccccc1. The summed E-state index contributed by atoms with van der Waals surface area (Å²) in [6.45, 7) is 4.21. The van der Waals surface area contributed by atoms with Crippen LogP contribution in [0.4, 0.5) is 5.69 Å². The van der Waals surface area contributed by atoms with E-state index in [2.05, 4.69) is 12.2 Å². The number of hydrogen-bond acceptors (Lipinski definition) is 4. The first-order valence-corrected chi connectivity index (χ1v) is 8.60. The summed E-state index contributed by atoms with van der Waals surface area (Å²) in [5.74, 6) is 1.75. The molecule has 2 aromatic carbocycles. The van der Waals surface area contributed by atoms with E-state index in [1.165, 1.54) is 0 Å². The first-order chi connectivity index (χ1) is 11.8. The van der Waals surface area contributed by atoms with Gasteiger partial charge in [0.2, 0.25) is 0 Å². The molecule has 4 nitrogen and oxygen atoms in total. The van der Waals surface area contributed by atoms with Crippen LogP contribution in [0.2, 0.25) is 0 Å². The molecule has 0 spiro atoms. The van der Waals surface area contributed by atoms with Crippen LogP contribution in [0, 0.1) is 0 Å². The Morgan fingerprint density at radius 3 is 2.71 bits per heavy atom. The molecule has 1 aliphatic heterocycles. The second-order valence-electron chi connectivity index (χ2n) is 6.06. The molecule has 0 radical (unpaired) electrons. The van der Waals surface area contributed by atoms with Crippen LogP contribution < -0.4 is 14.8 Å². The van der Waals surface area contributed by atoms with Crippen molar-refractivity contribution in [3.05, 3.63) is 54.6 Å². The lowest BCUT2D eigenvalue weighted by Gasteiger charge is -2.19. The lowest BCUT2D eigenvalue weighted by atomic mass is 10.2. The minimum atomic E-state index is 0.0543. The van der Waals surface area contributed by atoms with E-state index in [0.717, 1.165) is 36.6 Å². The van der Waals surface area contributed by atoms with Gasteiger partial charge in [0.25, 0.3) is 0 Å². The third kappa shape index (κ3) is 4.90. The van der Waals surface area contributed by atoms with Crippen molar-refractivity contribution in [3.63, 3.8) is 0 Å². The highest BCUT2D eigenvalue weighted by atomic mass is 16.5. The maximum atomic E-state index is 5.94. The molecule has 1 aliphatic rings. The Morgan fingerprint density at radius 2 is 1.92 bits per heavy atom. The molecule has 3 rings (SSSR count). The number of anilines is 1. The molecule has 0 aromatic heterocycles. The van der Waals surface area contributed by atoms with Gasteiger partial charge in [-0.1, -0.05) is 30.3 Å². The molecule has 0 aliphatic carbocycles. The summed E-state index contributed by atoms with van der Waals surface area (Å²) >= 11 is 0. The molecule has 2 unspecified atom stereocenters. The van der Waals surface area contributed by atoms with Gasteiger partial charge in [-0.15, -0.1) is 0 Å². The fraction of sp³-hybridized carbons (Fsp3) is 0.400. The van der Waals surface area contributed by atoms with Gasteiger partial charge in [-0.2, -0.15) is 0 Å². The predicted octanol–water partition coefficient (Wildman–Crippen LogP) is 4.12. The number of para-hydroxylation sites is 3. The molecule has 0 saturated carbocycles. The van der Waals surface area contributed by atoms with E-state index in [1.54, 1.807) is 0 Å². The molecule has 128 valence electrons. The molecule has 2 aromatic rings. The van der Waals surface area contributed by atoms with Crippen molar-refractivity contribution in [1.82, 2.24) is 0 Å². The molecule has 4 heteroatoms. The van der Waals surface area contributed by atoms with Crippen LogP contribution in [-0.4, -0.2) is 32.0 Å². The fourth-order valence-electron chi connectivity index (χ4n) is 2.72. The largest absolute Gasteiger partial charge is 0.489 e. The van der Waals surface area contributed by atoms with Gasteiger partial charge in [-0.25, -0.2) is 0 Å². The van der Waals surface area contributed by atoms with Crippen molar-refractivity contribution in [2.75, 3.05) is 25.1 Å². The Morgan fingerprint density at radius 1 is 1.12 bits per heavy atom. The minimum Gasteiger partial charge on any atom is -0.489 e. The van der Waals surface area contributed by atoms with Crippen LogP contribution in [0.25, 0.3) is 0 Å². The molecule has 1 N–H and O–H groups in total. The van der Waals surface area contributed by atoms with Crippen molar-refractivity contribution in [3.8, 4) is 11.5 Å². The van der Waals surface area contributed by atoms with Crippen LogP contribution in [0.5, 0.6) is 11.5 Å². The Bertz CT molecular complexity index is 611. The number of ether oxygens (including phenoxy) is 3. The van der Waals surface area contributed by atoms with Gasteiger partial charge in [-0.05, 0) is 44.0 Å². The van der Waals surface area contributed by atoms with Crippen molar-refractivity contribution < 1.29 is 14.2 Å². The third-order valence-corrected chi connectivity index (χ3v) is 4.00. The highest BCUT2D eigenvalue weighted by molar-refractivity contribution is 5.56. The summed E-state index contributed by atoms with van der Waals surface area (Å²) in [6.07, 6.45) is 2.48. The molecule has 0 amide bonds.